The number of likely N-dealkylation sites (N-methyl/N-ethyl adjacent to an activating group) is 1. The van der Waals surface area contributed by atoms with Gasteiger partial charge in [-0.15, -0.1) is 0 Å². The molecule has 1 heterocycles. The zero-order valence-electron chi connectivity index (χ0n) is 12.7. The highest BCUT2D eigenvalue weighted by molar-refractivity contribution is 4.91. The number of nitrogens with one attached hydrogen (secondary N) is 1. The third-order valence-corrected chi connectivity index (χ3v) is 5.25. The van der Waals surface area contributed by atoms with Crippen LogP contribution in [0.3, 0.4) is 0 Å². The molecule has 106 valence electrons. The molecule has 1 unspecified atom stereocenters. The Bertz CT molecular complexity index is 243. The fourth-order valence-corrected chi connectivity index (χ4v) is 3.80. The van der Waals surface area contributed by atoms with Crippen LogP contribution in [-0.2, 0) is 0 Å². The molecule has 1 saturated heterocycles. The van der Waals surface area contributed by atoms with Crippen molar-refractivity contribution in [3.63, 3.8) is 0 Å². The second-order valence-corrected chi connectivity index (χ2v) is 6.98. The van der Waals surface area contributed by atoms with Gasteiger partial charge in [0.2, 0.25) is 0 Å². The number of hydrogen-bond acceptors (Lipinski definition) is 2. The summed E-state index contributed by atoms with van der Waals surface area (Å²) in [6, 6.07) is 1.55. The molecule has 2 nitrogen and oxygen atoms in total. The molecular formula is C16H32N2. The number of hydrogen-bond donors (Lipinski definition) is 1. The van der Waals surface area contributed by atoms with E-state index in [1.54, 1.807) is 0 Å². The van der Waals surface area contributed by atoms with Crippen molar-refractivity contribution in [2.24, 2.45) is 5.41 Å². The van der Waals surface area contributed by atoms with Crippen LogP contribution in [0.25, 0.3) is 0 Å². The molecule has 0 radical (unpaired) electrons. The Morgan fingerprint density at radius 2 is 1.83 bits per heavy atom. The van der Waals surface area contributed by atoms with Crippen molar-refractivity contribution >= 4 is 0 Å². The average molecular weight is 252 g/mol. The molecule has 1 saturated carbocycles. The van der Waals surface area contributed by atoms with Gasteiger partial charge in [-0.3, -0.25) is 4.90 Å². The SMILES string of the molecule is CCN(CC1NCCCC1(C)C)C1CCCCC1. The Labute approximate surface area is 114 Å². The minimum absolute atomic E-state index is 0.473. The minimum atomic E-state index is 0.473. The van der Waals surface area contributed by atoms with Crippen molar-refractivity contribution in [1.82, 2.24) is 10.2 Å². The first-order chi connectivity index (χ1) is 8.63. The van der Waals surface area contributed by atoms with Crippen molar-refractivity contribution < 1.29 is 0 Å². The van der Waals surface area contributed by atoms with Gasteiger partial charge in [-0.1, -0.05) is 40.0 Å². The van der Waals surface area contributed by atoms with Crippen LogP contribution in [0.2, 0.25) is 0 Å². The molecule has 1 N–H and O–H groups in total. The monoisotopic (exact) mass is 252 g/mol. The van der Waals surface area contributed by atoms with E-state index in [1.165, 1.54) is 64.6 Å². The van der Waals surface area contributed by atoms with E-state index in [-0.39, 0.29) is 0 Å². The lowest BCUT2D eigenvalue weighted by molar-refractivity contribution is 0.0904. The second kappa shape index (κ2) is 6.38. The van der Waals surface area contributed by atoms with E-state index >= 15 is 0 Å². The third-order valence-electron chi connectivity index (χ3n) is 5.25. The van der Waals surface area contributed by atoms with E-state index in [9.17, 15) is 0 Å². The van der Waals surface area contributed by atoms with Crippen LogP contribution in [0.5, 0.6) is 0 Å². The van der Waals surface area contributed by atoms with Crippen LogP contribution in [0.1, 0.15) is 65.7 Å². The van der Waals surface area contributed by atoms with Crippen LogP contribution in [-0.4, -0.2) is 36.6 Å². The maximum absolute atomic E-state index is 3.77. The zero-order chi connectivity index (χ0) is 13.0. The van der Waals surface area contributed by atoms with Crippen molar-refractivity contribution in [2.75, 3.05) is 19.6 Å². The van der Waals surface area contributed by atoms with Gasteiger partial charge in [0.1, 0.15) is 0 Å². The molecule has 2 rings (SSSR count). The van der Waals surface area contributed by atoms with Crippen molar-refractivity contribution in [3.05, 3.63) is 0 Å². The van der Waals surface area contributed by atoms with Gasteiger partial charge >= 0.3 is 0 Å². The summed E-state index contributed by atoms with van der Waals surface area (Å²) in [4.78, 5) is 2.75. The predicted octanol–water partition coefficient (Wildman–Crippen LogP) is 3.42. The third kappa shape index (κ3) is 3.48. The largest absolute Gasteiger partial charge is 0.312 e. The Balaban J connectivity index is 1.92. The summed E-state index contributed by atoms with van der Waals surface area (Å²) in [7, 11) is 0. The van der Waals surface area contributed by atoms with Crippen molar-refractivity contribution in [3.8, 4) is 0 Å². The van der Waals surface area contributed by atoms with Crippen molar-refractivity contribution in [2.45, 2.75) is 77.8 Å². The Hall–Kier alpha value is -0.0800. The maximum Gasteiger partial charge on any atom is 0.0246 e. The molecule has 0 amide bonds. The Morgan fingerprint density at radius 3 is 2.44 bits per heavy atom. The fourth-order valence-electron chi connectivity index (χ4n) is 3.80. The first-order valence-electron chi connectivity index (χ1n) is 8.11. The molecule has 0 bridgehead atoms. The molecule has 18 heavy (non-hydrogen) atoms. The maximum atomic E-state index is 3.77. The fraction of sp³-hybridized carbons (Fsp3) is 1.00. The molecule has 1 atom stereocenters. The van der Waals surface area contributed by atoms with Gasteiger partial charge in [0, 0.05) is 18.6 Å². The van der Waals surface area contributed by atoms with E-state index in [4.69, 9.17) is 0 Å². The van der Waals surface area contributed by atoms with Gasteiger partial charge in [-0.25, -0.2) is 0 Å². The highest BCUT2D eigenvalue weighted by atomic mass is 15.2. The van der Waals surface area contributed by atoms with E-state index < -0.39 is 0 Å². The van der Waals surface area contributed by atoms with Crippen LogP contribution in [0, 0.1) is 5.41 Å². The summed E-state index contributed by atoms with van der Waals surface area (Å²) in [5.74, 6) is 0. The first kappa shape index (κ1) is 14.3. The van der Waals surface area contributed by atoms with E-state index in [1.807, 2.05) is 0 Å². The smallest absolute Gasteiger partial charge is 0.0246 e. The first-order valence-corrected chi connectivity index (χ1v) is 8.11. The van der Waals surface area contributed by atoms with Gasteiger partial charge in [0.05, 0.1) is 0 Å². The molecular weight excluding hydrogens is 220 g/mol. The van der Waals surface area contributed by atoms with Gasteiger partial charge in [-0.05, 0) is 44.2 Å². The van der Waals surface area contributed by atoms with Crippen LogP contribution >= 0.6 is 0 Å². The molecule has 1 aliphatic carbocycles. The molecule has 0 aromatic carbocycles. The Kier molecular flexibility index (Phi) is 5.08. The van der Waals surface area contributed by atoms with E-state index in [2.05, 4.69) is 31.0 Å². The number of rotatable bonds is 4. The summed E-state index contributed by atoms with van der Waals surface area (Å²) in [5, 5.41) is 3.77. The number of nitrogens with zero attached hydrogens (tertiary/aromatic N) is 1. The molecule has 2 fully saturated rings. The molecule has 0 aromatic heterocycles. The average Bonchev–Trinajstić information content (AvgIpc) is 2.38. The van der Waals surface area contributed by atoms with Crippen LogP contribution in [0.4, 0.5) is 0 Å². The van der Waals surface area contributed by atoms with Crippen LogP contribution in [0.15, 0.2) is 0 Å². The van der Waals surface area contributed by atoms with Gasteiger partial charge < -0.3 is 5.32 Å². The van der Waals surface area contributed by atoms with E-state index in [0.29, 0.717) is 11.5 Å². The molecule has 2 heteroatoms. The molecule has 0 aromatic rings. The standard InChI is InChI=1S/C16H32N2/c1-4-18(14-9-6-5-7-10-14)13-15-16(2,3)11-8-12-17-15/h14-15,17H,4-13H2,1-3H3. The summed E-state index contributed by atoms with van der Waals surface area (Å²) in [5.41, 5.74) is 0.473. The Morgan fingerprint density at radius 1 is 1.11 bits per heavy atom. The minimum Gasteiger partial charge on any atom is -0.312 e. The molecule has 0 spiro atoms. The molecule has 2 aliphatic rings. The summed E-state index contributed by atoms with van der Waals surface area (Å²) < 4.78 is 0. The van der Waals surface area contributed by atoms with Gasteiger partial charge in [0.15, 0.2) is 0 Å². The lowest BCUT2D eigenvalue weighted by Gasteiger charge is -2.44. The van der Waals surface area contributed by atoms with Gasteiger partial charge in [0.25, 0.3) is 0 Å². The van der Waals surface area contributed by atoms with Gasteiger partial charge in [-0.2, -0.15) is 0 Å². The predicted molar refractivity (Wildman–Crippen MR) is 78.9 cm³/mol. The van der Waals surface area contributed by atoms with E-state index in [0.717, 1.165) is 6.04 Å². The number of piperidine rings is 1. The molecule has 1 aliphatic heterocycles. The summed E-state index contributed by atoms with van der Waals surface area (Å²) in [6.45, 7) is 10.9. The van der Waals surface area contributed by atoms with Crippen molar-refractivity contribution in [1.29, 1.82) is 0 Å². The normalized spacial score (nSPS) is 29.7. The summed E-state index contributed by atoms with van der Waals surface area (Å²) in [6.07, 6.45) is 9.94. The van der Waals surface area contributed by atoms with Crippen LogP contribution < -0.4 is 5.32 Å². The highest BCUT2D eigenvalue weighted by Crippen LogP contribution is 2.32. The quantitative estimate of drug-likeness (QED) is 0.825. The zero-order valence-corrected chi connectivity index (χ0v) is 12.7. The lowest BCUT2D eigenvalue weighted by atomic mass is 9.77. The summed E-state index contributed by atoms with van der Waals surface area (Å²) >= 11 is 0. The topological polar surface area (TPSA) is 15.3 Å². The highest BCUT2D eigenvalue weighted by Gasteiger charge is 2.34. The second-order valence-electron chi connectivity index (χ2n) is 6.98. The lowest BCUT2D eigenvalue weighted by Crippen LogP contribution is -2.54.